The van der Waals surface area contributed by atoms with E-state index >= 15 is 0 Å². The number of hydrogen-bond acceptors (Lipinski definition) is 2. The summed E-state index contributed by atoms with van der Waals surface area (Å²) in [6, 6.07) is 0. The summed E-state index contributed by atoms with van der Waals surface area (Å²) < 4.78 is 9.69. The molecule has 0 rings (SSSR count). The molecule has 0 spiro atoms. The summed E-state index contributed by atoms with van der Waals surface area (Å²) in [5, 5.41) is 2.00. The zero-order valence-electron chi connectivity index (χ0n) is 4.32. The number of hydrogen-bond donors (Lipinski definition) is 0. The second kappa shape index (κ2) is 3.81. The van der Waals surface area contributed by atoms with Gasteiger partial charge in [0.1, 0.15) is 0 Å². The van der Waals surface area contributed by atoms with Crippen LogP contribution in [0.2, 0.25) is 5.23 Å². The topological polar surface area (TPSA) is 18.5 Å². The Kier molecular flexibility index (Phi) is 4.21. The predicted octanol–water partition coefficient (Wildman–Crippen LogP) is 0.775. The van der Waals surface area contributed by atoms with E-state index in [1.807, 2.05) is 5.23 Å². The van der Waals surface area contributed by atoms with Crippen molar-refractivity contribution in [2.75, 3.05) is 14.2 Å². The van der Waals surface area contributed by atoms with Gasteiger partial charge < -0.3 is 0 Å². The fraction of sp³-hybridized carbons (Fsp3) is 1.00. The zero-order chi connectivity index (χ0) is 4.99. The van der Waals surface area contributed by atoms with E-state index < -0.39 is 18.6 Å². The van der Waals surface area contributed by atoms with Crippen LogP contribution in [-0.4, -0.2) is 14.2 Å². The summed E-state index contributed by atoms with van der Waals surface area (Å²) in [5.41, 5.74) is 0. The van der Waals surface area contributed by atoms with Gasteiger partial charge in [0.15, 0.2) is 0 Å². The monoisotopic (exact) mass is 125 g/mol. The van der Waals surface area contributed by atoms with Crippen LogP contribution in [0.15, 0.2) is 0 Å². The standard InChI is InChI=1S/2CH3O.CH3.Ti/c2*1-2;;/h2*1H3;1H3;/q2*-1;;+2. The Morgan fingerprint density at radius 2 is 1.50 bits per heavy atom. The van der Waals surface area contributed by atoms with E-state index in [1.165, 1.54) is 0 Å². The van der Waals surface area contributed by atoms with E-state index in [0.717, 1.165) is 0 Å². The van der Waals surface area contributed by atoms with Gasteiger partial charge in [-0.2, -0.15) is 0 Å². The number of rotatable bonds is 2. The van der Waals surface area contributed by atoms with Crippen LogP contribution in [0.1, 0.15) is 0 Å². The zero-order valence-corrected chi connectivity index (χ0v) is 5.88. The minimum atomic E-state index is -1.38. The van der Waals surface area contributed by atoms with Crippen molar-refractivity contribution in [2.24, 2.45) is 0 Å². The molecule has 0 aliphatic carbocycles. The van der Waals surface area contributed by atoms with Gasteiger partial charge in [0.2, 0.25) is 0 Å². The van der Waals surface area contributed by atoms with Gasteiger partial charge in [-0.05, 0) is 0 Å². The third kappa shape index (κ3) is 2.85. The first kappa shape index (κ1) is 6.63. The van der Waals surface area contributed by atoms with Crippen LogP contribution in [0, 0.1) is 0 Å². The van der Waals surface area contributed by atoms with Gasteiger partial charge in [-0.25, -0.2) is 0 Å². The fourth-order valence-corrected chi connectivity index (χ4v) is 0.344. The Morgan fingerprint density at radius 1 is 1.17 bits per heavy atom. The summed E-state index contributed by atoms with van der Waals surface area (Å²) in [5.74, 6) is 0. The van der Waals surface area contributed by atoms with Crippen LogP contribution in [0.4, 0.5) is 0 Å². The van der Waals surface area contributed by atoms with Gasteiger partial charge in [0.05, 0.1) is 0 Å². The van der Waals surface area contributed by atoms with Crippen molar-refractivity contribution < 1.29 is 25.3 Å². The Hall–Kier alpha value is 0.634. The van der Waals surface area contributed by atoms with Crippen molar-refractivity contribution in [1.29, 1.82) is 0 Å². The molecule has 0 heterocycles. The minimum absolute atomic E-state index is 1.38. The molecular weight excluding hydrogens is 116 g/mol. The summed E-state index contributed by atoms with van der Waals surface area (Å²) in [6.45, 7) is 0. The third-order valence-electron chi connectivity index (χ3n) is 0.575. The molecule has 0 saturated carbocycles. The van der Waals surface area contributed by atoms with Crippen LogP contribution in [0.25, 0.3) is 0 Å². The molecule has 0 bridgehead atoms. The van der Waals surface area contributed by atoms with E-state index in [2.05, 4.69) is 0 Å². The fourth-order valence-electron chi connectivity index (χ4n) is 0.0833. The molecule has 0 radical (unpaired) electrons. The SMILES string of the molecule is C[O][Ti]([CH3])[O]C. The molecule has 0 amide bonds. The van der Waals surface area contributed by atoms with Crippen LogP contribution in [0.5, 0.6) is 0 Å². The molecule has 0 saturated heterocycles. The van der Waals surface area contributed by atoms with Gasteiger partial charge in [-0.1, -0.05) is 0 Å². The molecule has 0 aromatic rings. The van der Waals surface area contributed by atoms with E-state index in [-0.39, 0.29) is 0 Å². The van der Waals surface area contributed by atoms with E-state index in [4.69, 9.17) is 6.64 Å². The predicted molar refractivity (Wildman–Crippen MR) is 19.9 cm³/mol. The average Bonchev–Trinajstić information content (AvgIpc) is 1.65. The second-order valence-corrected chi connectivity index (χ2v) is 3.71. The Morgan fingerprint density at radius 3 is 1.50 bits per heavy atom. The van der Waals surface area contributed by atoms with Crippen molar-refractivity contribution in [2.45, 2.75) is 5.23 Å². The molecule has 0 aliphatic rings. The van der Waals surface area contributed by atoms with Crippen molar-refractivity contribution in [3.8, 4) is 0 Å². The maximum atomic E-state index is 4.84. The molecule has 37 valence electrons. The van der Waals surface area contributed by atoms with Gasteiger partial charge in [-0.3, -0.25) is 0 Å². The van der Waals surface area contributed by atoms with Gasteiger partial charge in [0, 0.05) is 0 Å². The average molecular weight is 125 g/mol. The molecule has 0 aromatic heterocycles. The molecule has 0 unspecified atom stereocenters. The molecule has 2 nitrogen and oxygen atoms in total. The first-order valence-corrected chi connectivity index (χ1v) is 4.56. The first-order valence-electron chi connectivity index (χ1n) is 1.72. The Balaban J connectivity index is 2.75. The summed E-state index contributed by atoms with van der Waals surface area (Å²) in [4.78, 5) is 0. The maximum absolute atomic E-state index is 4.84. The van der Waals surface area contributed by atoms with Crippen LogP contribution in [0.3, 0.4) is 0 Å². The van der Waals surface area contributed by atoms with Crippen LogP contribution >= 0.6 is 0 Å². The van der Waals surface area contributed by atoms with Gasteiger partial charge in [-0.15, -0.1) is 0 Å². The van der Waals surface area contributed by atoms with E-state index in [0.29, 0.717) is 0 Å². The summed E-state index contributed by atoms with van der Waals surface area (Å²) in [7, 11) is 3.36. The van der Waals surface area contributed by atoms with E-state index in [9.17, 15) is 0 Å². The van der Waals surface area contributed by atoms with Crippen molar-refractivity contribution in [1.82, 2.24) is 0 Å². The van der Waals surface area contributed by atoms with Gasteiger partial charge >= 0.3 is 44.7 Å². The van der Waals surface area contributed by atoms with Crippen molar-refractivity contribution in [3.63, 3.8) is 0 Å². The van der Waals surface area contributed by atoms with Gasteiger partial charge in [0.25, 0.3) is 0 Å². The van der Waals surface area contributed by atoms with Crippen LogP contribution < -0.4 is 0 Å². The quantitative estimate of drug-likeness (QED) is 0.507. The van der Waals surface area contributed by atoms with Crippen LogP contribution in [-0.2, 0) is 25.3 Å². The third-order valence-corrected chi connectivity index (χ3v) is 2.37. The first-order chi connectivity index (χ1) is 2.81. The molecule has 0 atom stereocenters. The summed E-state index contributed by atoms with van der Waals surface area (Å²) in [6.07, 6.45) is 0. The molecule has 6 heavy (non-hydrogen) atoms. The Labute approximate surface area is 45.2 Å². The van der Waals surface area contributed by atoms with E-state index in [1.54, 1.807) is 14.2 Å². The second-order valence-electron chi connectivity index (χ2n) is 0.900. The molecule has 0 fully saturated rings. The molecule has 3 heteroatoms. The summed E-state index contributed by atoms with van der Waals surface area (Å²) >= 11 is -1.38. The molecule has 0 aromatic carbocycles. The Bertz CT molecular complexity index is 28.0. The molecule has 0 aliphatic heterocycles. The normalized spacial score (nSPS) is 8.50. The molecule has 0 N–H and O–H groups in total. The van der Waals surface area contributed by atoms with Crippen molar-refractivity contribution >= 4 is 0 Å². The molecular formula is C3H9O2Ti. The van der Waals surface area contributed by atoms with Crippen molar-refractivity contribution in [3.05, 3.63) is 0 Å².